The first-order valence-corrected chi connectivity index (χ1v) is 5.30. The van der Waals surface area contributed by atoms with Crippen molar-refractivity contribution in [2.45, 2.75) is 18.6 Å². The van der Waals surface area contributed by atoms with Gasteiger partial charge in [-0.1, -0.05) is 0 Å². The third-order valence-electron chi connectivity index (χ3n) is 1.74. The third kappa shape index (κ3) is 4.19. The molecule has 1 fully saturated rings. The molecule has 1 saturated heterocycles. The number of hydrogen-bond donors (Lipinski definition) is 2. The summed E-state index contributed by atoms with van der Waals surface area (Å²) in [5.41, 5.74) is 0. The maximum Gasteiger partial charge on any atom is 0.390 e. The SMILES string of the molecule is O=C(NCCC(F)(F)F)C1CSCN1. The van der Waals surface area contributed by atoms with Crippen LogP contribution in [0.2, 0.25) is 0 Å². The van der Waals surface area contributed by atoms with E-state index in [9.17, 15) is 18.0 Å². The van der Waals surface area contributed by atoms with Crippen LogP contribution in [0.1, 0.15) is 6.42 Å². The molecule has 1 atom stereocenters. The van der Waals surface area contributed by atoms with Gasteiger partial charge in [0.25, 0.3) is 0 Å². The number of thioether (sulfide) groups is 1. The van der Waals surface area contributed by atoms with Gasteiger partial charge in [0.15, 0.2) is 0 Å². The second-order valence-electron chi connectivity index (χ2n) is 2.93. The minimum atomic E-state index is -4.20. The number of hydrogen-bond acceptors (Lipinski definition) is 3. The molecule has 0 saturated carbocycles. The second kappa shape index (κ2) is 4.88. The number of carbonyl (C=O) groups is 1. The Morgan fingerprint density at radius 2 is 2.29 bits per heavy atom. The Morgan fingerprint density at radius 3 is 2.79 bits per heavy atom. The van der Waals surface area contributed by atoms with Crippen LogP contribution in [-0.4, -0.2) is 36.3 Å². The lowest BCUT2D eigenvalue weighted by atomic mass is 10.3. The van der Waals surface area contributed by atoms with Crippen LogP contribution in [-0.2, 0) is 4.79 Å². The van der Waals surface area contributed by atoms with E-state index >= 15 is 0 Å². The van der Waals surface area contributed by atoms with Gasteiger partial charge in [0.2, 0.25) is 5.91 Å². The van der Waals surface area contributed by atoms with Crippen molar-refractivity contribution in [1.82, 2.24) is 10.6 Å². The standard InChI is InChI=1S/C7H11F3N2OS/c8-7(9,10)1-2-11-6(13)5-3-14-4-12-5/h5,12H,1-4H2,(H,11,13). The predicted molar refractivity (Wildman–Crippen MR) is 47.9 cm³/mol. The molecule has 1 rings (SSSR count). The Kier molecular flexibility index (Phi) is 4.06. The van der Waals surface area contributed by atoms with Gasteiger partial charge < -0.3 is 5.32 Å². The fourth-order valence-electron chi connectivity index (χ4n) is 1.01. The van der Waals surface area contributed by atoms with Crippen molar-refractivity contribution < 1.29 is 18.0 Å². The molecule has 14 heavy (non-hydrogen) atoms. The number of alkyl halides is 3. The summed E-state index contributed by atoms with van der Waals surface area (Å²) < 4.78 is 35.1. The molecular weight excluding hydrogens is 217 g/mol. The maximum absolute atomic E-state index is 11.7. The molecule has 1 unspecified atom stereocenters. The molecular formula is C7H11F3N2OS. The van der Waals surface area contributed by atoms with Crippen molar-refractivity contribution in [3.05, 3.63) is 0 Å². The molecule has 7 heteroatoms. The average molecular weight is 228 g/mol. The Hall–Kier alpha value is -0.430. The minimum Gasteiger partial charge on any atom is -0.354 e. The summed E-state index contributed by atoms with van der Waals surface area (Å²) in [6, 6.07) is -0.340. The molecule has 0 aromatic rings. The van der Waals surface area contributed by atoms with E-state index in [4.69, 9.17) is 0 Å². The molecule has 3 nitrogen and oxygen atoms in total. The molecule has 2 N–H and O–H groups in total. The topological polar surface area (TPSA) is 41.1 Å². The molecule has 1 heterocycles. The lowest BCUT2D eigenvalue weighted by Crippen LogP contribution is -2.42. The Balaban J connectivity index is 2.15. The molecule has 0 spiro atoms. The molecule has 0 aromatic carbocycles. The van der Waals surface area contributed by atoms with E-state index in [1.165, 1.54) is 0 Å². The molecule has 0 aliphatic carbocycles. The van der Waals surface area contributed by atoms with Crippen molar-refractivity contribution in [3.63, 3.8) is 0 Å². The van der Waals surface area contributed by atoms with Gasteiger partial charge in [0, 0.05) is 18.2 Å². The lowest BCUT2D eigenvalue weighted by molar-refractivity contribution is -0.135. The van der Waals surface area contributed by atoms with Crippen LogP contribution in [0.4, 0.5) is 13.2 Å². The highest BCUT2D eigenvalue weighted by Gasteiger charge is 2.28. The zero-order valence-electron chi connectivity index (χ0n) is 7.36. The van der Waals surface area contributed by atoms with Crippen molar-refractivity contribution in [3.8, 4) is 0 Å². The molecule has 82 valence electrons. The zero-order chi connectivity index (χ0) is 10.6. The fraction of sp³-hybridized carbons (Fsp3) is 0.857. The van der Waals surface area contributed by atoms with Crippen molar-refractivity contribution in [1.29, 1.82) is 0 Å². The van der Waals surface area contributed by atoms with Crippen LogP contribution in [0.5, 0.6) is 0 Å². The van der Waals surface area contributed by atoms with Gasteiger partial charge in [-0.2, -0.15) is 13.2 Å². The molecule has 1 aliphatic rings. The number of nitrogens with one attached hydrogen (secondary N) is 2. The molecule has 1 aliphatic heterocycles. The Bertz CT molecular complexity index is 204. The largest absolute Gasteiger partial charge is 0.390 e. The summed E-state index contributed by atoms with van der Waals surface area (Å²) in [4.78, 5) is 11.2. The van der Waals surface area contributed by atoms with Gasteiger partial charge in [-0.3, -0.25) is 10.1 Å². The van der Waals surface area contributed by atoms with Crippen LogP contribution in [0.3, 0.4) is 0 Å². The van der Waals surface area contributed by atoms with E-state index in [0.29, 0.717) is 11.6 Å². The average Bonchev–Trinajstić information content (AvgIpc) is 2.53. The molecule has 0 radical (unpaired) electrons. The lowest BCUT2D eigenvalue weighted by Gasteiger charge is -2.11. The molecule has 1 amide bonds. The zero-order valence-corrected chi connectivity index (χ0v) is 8.17. The van der Waals surface area contributed by atoms with E-state index in [-0.39, 0.29) is 18.5 Å². The predicted octanol–water partition coefficient (Wildman–Crippen LogP) is 0.718. The van der Waals surface area contributed by atoms with E-state index in [1.807, 2.05) is 0 Å². The smallest absolute Gasteiger partial charge is 0.354 e. The maximum atomic E-state index is 11.7. The molecule has 0 aromatic heterocycles. The van der Waals surface area contributed by atoms with E-state index in [0.717, 1.165) is 0 Å². The third-order valence-corrected chi connectivity index (χ3v) is 2.68. The first kappa shape index (κ1) is 11.6. The quantitative estimate of drug-likeness (QED) is 0.747. The summed E-state index contributed by atoms with van der Waals surface area (Å²) in [6.45, 7) is -0.342. The Labute approximate surface area is 83.8 Å². The number of amides is 1. The summed E-state index contributed by atoms with van der Waals surface area (Å²) in [7, 11) is 0. The summed E-state index contributed by atoms with van der Waals surface area (Å²) in [5, 5.41) is 5.12. The van der Waals surface area contributed by atoms with Crippen molar-refractivity contribution in [2.24, 2.45) is 0 Å². The first-order chi connectivity index (χ1) is 6.49. The van der Waals surface area contributed by atoms with Crippen molar-refractivity contribution >= 4 is 17.7 Å². The Morgan fingerprint density at radius 1 is 1.57 bits per heavy atom. The monoisotopic (exact) mass is 228 g/mol. The van der Waals surface area contributed by atoms with Crippen LogP contribution in [0.25, 0.3) is 0 Å². The van der Waals surface area contributed by atoms with Gasteiger partial charge in [-0.25, -0.2) is 0 Å². The summed E-state index contributed by atoms with van der Waals surface area (Å²) in [6.07, 6.45) is -5.18. The number of rotatable bonds is 3. The minimum absolute atomic E-state index is 0.340. The van der Waals surface area contributed by atoms with E-state index < -0.39 is 12.6 Å². The highest BCUT2D eigenvalue weighted by Crippen LogP contribution is 2.18. The van der Waals surface area contributed by atoms with Gasteiger partial charge in [0.1, 0.15) is 0 Å². The van der Waals surface area contributed by atoms with E-state index in [2.05, 4.69) is 10.6 Å². The summed E-state index contributed by atoms with van der Waals surface area (Å²) >= 11 is 1.56. The van der Waals surface area contributed by atoms with Gasteiger partial charge in [-0.05, 0) is 0 Å². The fourth-order valence-corrected chi connectivity index (χ4v) is 1.96. The van der Waals surface area contributed by atoms with Gasteiger partial charge in [0.05, 0.1) is 12.5 Å². The number of halogens is 3. The van der Waals surface area contributed by atoms with E-state index in [1.54, 1.807) is 11.8 Å². The summed E-state index contributed by atoms with van der Waals surface area (Å²) in [5.74, 6) is 0.953. The molecule has 0 bridgehead atoms. The van der Waals surface area contributed by atoms with Gasteiger partial charge in [-0.15, -0.1) is 11.8 Å². The second-order valence-corrected chi connectivity index (χ2v) is 3.96. The first-order valence-electron chi connectivity index (χ1n) is 4.14. The van der Waals surface area contributed by atoms with Crippen LogP contribution in [0, 0.1) is 0 Å². The number of carbonyl (C=O) groups excluding carboxylic acids is 1. The van der Waals surface area contributed by atoms with Gasteiger partial charge >= 0.3 is 6.18 Å². The van der Waals surface area contributed by atoms with Crippen LogP contribution >= 0.6 is 11.8 Å². The highest BCUT2D eigenvalue weighted by atomic mass is 32.2. The van der Waals surface area contributed by atoms with Crippen LogP contribution < -0.4 is 10.6 Å². The van der Waals surface area contributed by atoms with Crippen molar-refractivity contribution in [2.75, 3.05) is 18.2 Å². The highest BCUT2D eigenvalue weighted by molar-refractivity contribution is 7.99. The normalized spacial score (nSPS) is 22.4. The van der Waals surface area contributed by atoms with Crippen LogP contribution in [0.15, 0.2) is 0 Å².